The molecule has 0 aliphatic carbocycles. The molecule has 1 fully saturated rings. The molecule has 0 unspecified atom stereocenters. The van der Waals surface area contributed by atoms with Crippen molar-refractivity contribution in [1.29, 1.82) is 0 Å². The minimum Gasteiger partial charge on any atom is -0.339 e. The summed E-state index contributed by atoms with van der Waals surface area (Å²) >= 11 is 3.60. The van der Waals surface area contributed by atoms with E-state index in [2.05, 4.69) is 15.9 Å². The van der Waals surface area contributed by atoms with E-state index in [1.165, 1.54) is 0 Å². The second-order valence-electron chi connectivity index (χ2n) is 4.28. The minimum absolute atomic E-state index is 0.178. The molecule has 3 heteroatoms. The summed E-state index contributed by atoms with van der Waals surface area (Å²) in [6, 6.07) is 7.80. The molecule has 1 heterocycles. The molecule has 0 bridgehead atoms. The first kappa shape index (κ1) is 11.6. The van der Waals surface area contributed by atoms with E-state index in [-0.39, 0.29) is 5.91 Å². The Balaban J connectivity index is 2.11. The van der Waals surface area contributed by atoms with Crippen LogP contribution in [0.25, 0.3) is 0 Å². The van der Waals surface area contributed by atoms with Crippen LogP contribution in [-0.2, 0) is 0 Å². The third kappa shape index (κ3) is 2.46. The third-order valence-electron chi connectivity index (χ3n) is 3.09. The van der Waals surface area contributed by atoms with E-state index in [0.29, 0.717) is 4.83 Å². The van der Waals surface area contributed by atoms with E-state index < -0.39 is 0 Å². The lowest BCUT2D eigenvalue weighted by atomic mass is 10.1. The highest BCUT2D eigenvalue weighted by Crippen LogP contribution is 2.20. The molecular weight excluding hydrogens is 266 g/mol. The summed E-state index contributed by atoms with van der Waals surface area (Å²) in [6.45, 7) is 3.72. The number of aryl methyl sites for hydroxylation is 1. The maximum atomic E-state index is 12.2. The van der Waals surface area contributed by atoms with Crippen molar-refractivity contribution in [3.05, 3.63) is 35.4 Å². The molecule has 0 atom stereocenters. The van der Waals surface area contributed by atoms with Crippen LogP contribution in [0.1, 0.15) is 28.8 Å². The fourth-order valence-corrected chi connectivity index (χ4v) is 2.44. The summed E-state index contributed by atoms with van der Waals surface area (Å²) in [7, 11) is 0. The van der Waals surface area contributed by atoms with Crippen LogP contribution in [0, 0.1) is 6.92 Å². The quantitative estimate of drug-likeness (QED) is 0.725. The van der Waals surface area contributed by atoms with Gasteiger partial charge in [-0.05, 0) is 31.4 Å². The Morgan fingerprint density at radius 2 is 1.94 bits per heavy atom. The Morgan fingerprint density at radius 1 is 1.31 bits per heavy atom. The van der Waals surface area contributed by atoms with Gasteiger partial charge in [-0.2, -0.15) is 0 Å². The molecule has 86 valence electrons. The average molecular weight is 282 g/mol. The maximum Gasteiger partial charge on any atom is 0.254 e. The van der Waals surface area contributed by atoms with Gasteiger partial charge in [-0.25, -0.2) is 0 Å². The van der Waals surface area contributed by atoms with Crippen molar-refractivity contribution in [3.63, 3.8) is 0 Å². The molecule has 1 saturated heterocycles. The van der Waals surface area contributed by atoms with E-state index in [4.69, 9.17) is 0 Å². The van der Waals surface area contributed by atoms with Crippen molar-refractivity contribution in [1.82, 2.24) is 4.90 Å². The van der Waals surface area contributed by atoms with Crippen LogP contribution in [0.2, 0.25) is 0 Å². The first-order chi connectivity index (χ1) is 7.68. The Hall–Kier alpha value is -0.830. The number of amides is 1. The largest absolute Gasteiger partial charge is 0.339 e. The zero-order chi connectivity index (χ0) is 11.5. The summed E-state index contributed by atoms with van der Waals surface area (Å²) in [4.78, 5) is 14.8. The zero-order valence-electron chi connectivity index (χ0n) is 9.45. The smallest absolute Gasteiger partial charge is 0.254 e. The molecule has 1 aromatic rings. The predicted molar refractivity (Wildman–Crippen MR) is 69.0 cm³/mol. The topological polar surface area (TPSA) is 20.3 Å². The van der Waals surface area contributed by atoms with Crippen LogP contribution in [0.4, 0.5) is 0 Å². The molecule has 0 radical (unpaired) electrons. The summed E-state index contributed by atoms with van der Waals surface area (Å²) < 4.78 is 0. The van der Waals surface area contributed by atoms with Crippen LogP contribution in [0.3, 0.4) is 0 Å². The number of hydrogen-bond acceptors (Lipinski definition) is 1. The van der Waals surface area contributed by atoms with Gasteiger partial charge in [0, 0.05) is 23.5 Å². The summed E-state index contributed by atoms with van der Waals surface area (Å²) in [6.07, 6.45) is 2.11. The molecule has 1 aliphatic heterocycles. The Morgan fingerprint density at radius 3 is 2.56 bits per heavy atom. The number of halogens is 1. The number of carbonyl (C=O) groups excluding carboxylic acids is 1. The van der Waals surface area contributed by atoms with Crippen molar-refractivity contribution in [2.75, 3.05) is 13.1 Å². The van der Waals surface area contributed by atoms with Crippen molar-refractivity contribution >= 4 is 21.8 Å². The van der Waals surface area contributed by atoms with E-state index in [9.17, 15) is 4.79 Å². The van der Waals surface area contributed by atoms with Gasteiger partial charge in [0.15, 0.2) is 0 Å². The Bertz CT molecular complexity index is 383. The van der Waals surface area contributed by atoms with Gasteiger partial charge >= 0.3 is 0 Å². The average Bonchev–Trinajstić information content (AvgIpc) is 2.30. The number of alkyl halides is 1. The summed E-state index contributed by atoms with van der Waals surface area (Å²) in [5.74, 6) is 0.178. The van der Waals surface area contributed by atoms with Crippen LogP contribution < -0.4 is 0 Å². The third-order valence-corrected chi connectivity index (χ3v) is 4.00. The van der Waals surface area contributed by atoms with E-state index in [1.54, 1.807) is 0 Å². The second kappa shape index (κ2) is 5.00. The van der Waals surface area contributed by atoms with Crippen molar-refractivity contribution in [2.24, 2.45) is 0 Å². The molecule has 1 aromatic carbocycles. The number of likely N-dealkylation sites (tertiary alicyclic amines) is 1. The Kier molecular flexibility index (Phi) is 3.64. The highest BCUT2D eigenvalue weighted by atomic mass is 79.9. The first-order valence-electron chi connectivity index (χ1n) is 5.67. The molecule has 0 aromatic heterocycles. The van der Waals surface area contributed by atoms with Crippen LogP contribution in [0.5, 0.6) is 0 Å². The molecule has 0 saturated carbocycles. The lowest BCUT2D eigenvalue weighted by molar-refractivity contribution is 0.0727. The fourth-order valence-electron chi connectivity index (χ4n) is 2.03. The van der Waals surface area contributed by atoms with E-state index >= 15 is 0 Å². The van der Waals surface area contributed by atoms with Crippen molar-refractivity contribution < 1.29 is 4.79 Å². The lowest BCUT2D eigenvalue weighted by Crippen LogP contribution is -2.38. The number of hydrogen-bond donors (Lipinski definition) is 0. The van der Waals surface area contributed by atoms with Gasteiger partial charge in [0.1, 0.15) is 0 Å². The van der Waals surface area contributed by atoms with Crippen LogP contribution in [-0.4, -0.2) is 28.7 Å². The first-order valence-corrected chi connectivity index (χ1v) is 6.59. The van der Waals surface area contributed by atoms with Crippen LogP contribution in [0.15, 0.2) is 24.3 Å². The zero-order valence-corrected chi connectivity index (χ0v) is 11.0. The molecule has 1 amide bonds. The fraction of sp³-hybridized carbons (Fsp3) is 0.462. The molecule has 2 nitrogen and oxygen atoms in total. The molecule has 1 aliphatic rings. The standard InChI is InChI=1S/C13H16BrNO/c1-10-4-2-3-5-12(10)13(16)15-8-6-11(14)7-9-15/h2-5,11H,6-9H2,1H3. The van der Waals surface area contributed by atoms with Crippen LogP contribution >= 0.6 is 15.9 Å². The lowest BCUT2D eigenvalue weighted by Gasteiger charge is -2.30. The van der Waals surface area contributed by atoms with Gasteiger partial charge in [0.2, 0.25) is 0 Å². The number of piperidine rings is 1. The number of carbonyl (C=O) groups is 1. The number of benzene rings is 1. The molecule has 0 spiro atoms. The van der Waals surface area contributed by atoms with Gasteiger partial charge < -0.3 is 4.90 Å². The minimum atomic E-state index is 0.178. The normalized spacial score (nSPS) is 17.5. The predicted octanol–water partition coefficient (Wildman–Crippen LogP) is 2.99. The molecule has 0 N–H and O–H groups in total. The number of nitrogens with zero attached hydrogens (tertiary/aromatic N) is 1. The molecule has 16 heavy (non-hydrogen) atoms. The van der Waals surface area contributed by atoms with Gasteiger partial charge in [-0.1, -0.05) is 34.1 Å². The maximum absolute atomic E-state index is 12.2. The van der Waals surface area contributed by atoms with E-state index in [1.807, 2.05) is 36.1 Å². The highest BCUT2D eigenvalue weighted by molar-refractivity contribution is 9.09. The van der Waals surface area contributed by atoms with Crippen molar-refractivity contribution in [2.45, 2.75) is 24.6 Å². The van der Waals surface area contributed by atoms with Gasteiger partial charge in [0.25, 0.3) is 5.91 Å². The highest BCUT2D eigenvalue weighted by Gasteiger charge is 2.22. The van der Waals surface area contributed by atoms with Gasteiger partial charge in [0.05, 0.1) is 0 Å². The summed E-state index contributed by atoms with van der Waals surface area (Å²) in [5.41, 5.74) is 1.91. The second-order valence-corrected chi connectivity index (χ2v) is 5.58. The van der Waals surface area contributed by atoms with Gasteiger partial charge in [-0.3, -0.25) is 4.79 Å². The molecular formula is C13H16BrNO. The number of rotatable bonds is 1. The SMILES string of the molecule is Cc1ccccc1C(=O)N1CCC(Br)CC1. The molecule has 2 rings (SSSR count). The van der Waals surface area contributed by atoms with Crippen molar-refractivity contribution in [3.8, 4) is 0 Å². The summed E-state index contributed by atoms with van der Waals surface area (Å²) in [5, 5.41) is 0. The van der Waals surface area contributed by atoms with Gasteiger partial charge in [-0.15, -0.1) is 0 Å². The monoisotopic (exact) mass is 281 g/mol. The Labute approximate surface area is 105 Å². The van der Waals surface area contributed by atoms with E-state index in [0.717, 1.165) is 37.1 Å².